The van der Waals surface area contributed by atoms with Crippen molar-refractivity contribution in [3.05, 3.63) is 241 Å². The molecule has 0 spiro atoms. The number of hydrogen-bond acceptors (Lipinski definition) is 2. The topological polar surface area (TPSA) is 6.48 Å². The third-order valence-electron chi connectivity index (χ3n) is 15.7. The quantitative estimate of drug-likeness (QED) is 0.147. The lowest BCUT2D eigenvalue weighted by atomic mass is 9.81. The van der Waals surface area contributed by atoms with E-state index in [1.165, 1.54) is 121 Å². The Morgan fingerprint density at radius 3 is 1.06 bits per heavy atom. The molecule has 0 aromatic heterocycles. The van der Waals surface area contributed by atoms with Gasteiger partial charge in [0.2, 0.25) is 0 Å². The highest BCUT2D eigenvalue weighted by Crippen LogP contribution is 2.54. The van der Waals surface area contributed by atoms with E-state index in [0.717, 1.165) is 11.4 Å². The van der Waals surface area contributed by atoms with E-state index in [2.05, 4.69) is 256 Å². The zero-order valence-electron chi connectivity index (χ0n) is 38.7. The lowest BCUT2D eigenvalue weighted by molar-refractivity contribution is 0.662. The standard InChI is InChI=1S/C66H48N2/c1-65(2)55-21-9-17-45-25-27-47-37-51(39-57(65)63(47)61(45)55)67(59-23-11-15-43-13-5-7-19-53(43)59)49-33-29-41(30-34-49)42-31-35-50(36-32-42)68(60-24-12-16-44-14-6-8-20-54(44)60)52-38-48-28-26-46-18-10-22-56-62(46)64(48)58(40-52)66(56,3)4/h5-40H,1-4H3. The smallest absolute Gasteiger partial charge is 0.0540 e. The number of rotatable bonds is 7. The SMILES string of the molecule is CC1(C)c2cccc3ccc4cc(N(c5ccc(-c6ccc(N(c7cc8c9c(ccc%10cccc(c%109)C8(C)C)c7)c7cccc8ccccc78)cc6)cc5)c5cccc6ccccc56)cc1c4c23. The van der Waals surface area contributed by atoms with Crippen LogP contribution in [0.2, 0.25) is 0 Å². The van der Waals surface area contributed by atoms with Crippen molar-refractivity contribution in [2.45, 2.75) is 38.5 Å². The predicted molar refractivity (Wildman–Crippen MR) is 291 cm³/mol. The molecule has 0 fully saturated rings. The van der Waals surface area contributed by atoms with E-state index in [-0.39, 0.29) is 10.8 Å². The first-order valence-corrected chi connectivity index (χ1v) is 24.0. The van der Waals surface area contributed by atoms with Crippen LogP contribution in [-0.4, -0.2) is 0 Å². The summed E-state index contributed by atoms with van der Waals surface area (Å²) in [7, 11) is 0. The number of hydrogen-bond donors (Lipinski definition) is 0. The van der Waals surface area contributed by atoms with Gasteiger partial charge < -0.3 is 9.80 Å². The van der Waals surface area contributed by atoms with Crippen LogP contribution in [0.5, 0.6) is 0 Å². The van der Waals surface area contributed by atoms with Crippen molar-refractivity contribution >= 4 is 98.8 Å². The highest BCUT2D eigenvalue weighted by atomic mass is 15.1. The second kappa shape index (κ2) is 14.2. The van der Waals surface area contributed by atoms with Crippen molar-refractivity contribution in [3.8, 4) is 11.1 Å². The van der Waals surface area contributed by atoms with Crippen LogP contribution in [0.15, 0.2) is 218 Å². The van der Waals surface area contributed by atoms with Crippen LogP contribution in [0.3, 0.4) is 0 Å². The summed E-state index contributed by atoms with van der Waals surface area (Å²) in [5.74, 6) is 0. The molecule has 12 aromatic carbocycles. The van der Waals surface area contributed by atoms with Crippen LogP contribution < -0.4 is 9.80 Å². The molecule has 0 N–H and O–H groups in total. The molecule has 12 aromatic rings. The van der Waals surface area contributed by atoms with Crippen LogP contribution in [-0.2, 0) is 10.8 Å². The summed E-state index contributed by atoms with van der Waals surface area (Å²) in [4.78, 5) is 4.94. The van der Waals surface area contributed by atoms with E-state index in [1.54, 1.807) is 0 Å². The van der Waals surface area contributed by atoms with Gasteiger partial charge in [0.15, 0.2) is 0 Å². The maximum Gasteiger partial charge on any atom is 0.0540 e. The van der Waals surface area contributed by atoms with Gasteiger partial charge in [-0.25, -0.2) is 0 Å². The second-order valence-electron chi connectivity index (χ2n) is 20.1. The third-order valence-corrected chi connectivity index (χ3v) is 15.7. The summed E-state index contributed by atoms with van der Waals surface area (Å²) < 4.78 is 0. The molecule has 2 aliphatic rings. The second-order valence-corrected chi connectivity index (χ2v) is 20.1. The lowest BCUT2D eigenvalue weighted by Crippen LogP contribution is -2.17. The summed E-state index contributed by atoms with van der Waals surface area (Å²) in [5.41, 5.74) is 14.6. The number of benzene rings is 12. The Labute approximate surface area is 397 Å². The highest BCUT2D eigenvalue weighted by molar-refractivity contribution is 6.17. The molecule has 2 nitrogen and oxygen atoms in total. The molecule has 0 saturated heterocycles. The molecule has 0 unspecified atom stereocenters. The maximum absolute atomic E-state index is 2.47. The van der Waals surface area contributed by atoms with Crippen molar-refractivity contribution in [1.82, 2.24) is 0 Å². The van der Waals surface area contributed by atoms with Gasteiger partial charge in [0.25, 0.3) is 0 Å². The largest absolute Gasteiger partial charge is 0.310 e. The Hall–Kier alpha value is -8.20. The molecule has 0 amide bonds. The fraction of sp³-hybridized carbons (Fsp3) is 0.0909. The minimum atomic E-state index is -0.123. The van der Waals surface area contributed by atoms with Gasteiger partial charge in [0.1, 0.15) is 0 Å². The summed E-state index contributed by atoms with van der Waals surface area (Å²) in [6.45, 7) is 9.54. The summed E-state index contributed by atoms with van der Waals surface area (Å²) in [5, 5.41) is 15.7. The van der Waals surface area contributed by atoms with Crippen molar-refractivity contribution in [2.75, 3.05) is 9.80 Å². The molecular weight excluding hydrogens is 821 g/mol. The molecule has 0 heterocycles. The molecule has 2 heteroatoms. The Balaban J connectivity index is 0.883. The fourth-order valence-electron chi connectivity index (χ4n) is 12.3. The summed E-state index contributed by atoms with van der Waals surface area (Å²) in [6.07, 6.45) is 0. The van der Waals surface area contributed by atoms with Gasteiger partial charge in [-0.2, -0.15) is 0 Å². The first kappa shape index (κ1) is 39.0. The number of fused-ring (bicyclic) bond motifs is 2. The van der Waals surface area contributed by atoms with Crippen molar-refractivity contribution in [2.24, 2.45) is 0 Å². The first-order chi connectivity index (χ1) is 33.2. The zero-order chi connectivity index (χ0) is 45.5. The van der Waals surface area contributed by atoms with E-state index in [4.69, 9.17) is 0 Å². The first-order valence-electron chi connectivity index (χ1n) is 24.0. The van der Waals surface area contributed by atoms with E-state index < -0.39 is 0 Å². The average Bonchev–Trinajstić information content (AvgIpc) is 3.76. The monoisotopic (exact) mass is 868 g/mol. The molecule has 0 atom stereocenters. The van der Waals surface area contributed by atoms with Gasteiger partial charge in [-0.3, -0.25) is 0 Å². The fourth-order valence-corrected chi connectivity index (χ4v) is 12.3. The molecule has 322 valence electrons. The van der Waals surface area contributed by atoms with Gasteiger partial charge in [-0.15, -0.1) is 0 Å². The van der Waals surface area contributed by atoms with Crippen molar-refractivity contribution in [3.63, 3.8) is 0 Å². The average molecular weight is 869 g/mol. The molecule has 0 bridgehead atoms. The normalized spacial score (nSPS) is 14.1. The van der Waals surface area contributed by atoms with Crippen LogP contribution in [0, 0.1) is 0 Å². The van der Waals surface area contributed by atoms with Crippen molar-refractivity contribution in [1.29, 1.82) is 0 Å². The third kappa shape index (κ3) is 5.52. The summed E-state index contributed by atoms with van der Waals surface area (Å²) in [6, 6.07) is 81.8. The van der Waals surface area contributed by atoms with Crippen LogP contribution in [0.1, 0.15) is 49.9 Å². The van der Waals surface area contributed by atoms with Crippen LogP contribution in [0.4, 0.5) is 34.1 Å². The number of anilines is 6. The minimum absolute atomic E-state index is 0.123. The van der Waals surface area contributed by atoms with Crippen LogP contribution >= 0.6 is 0 Å². The molecule has 14 rings (SSSR count). The maximum atomic E-state index is 2.47. The predicted octanol–water partition coefficient (Wildman–Crippen LogP) is 18.5. The van der Waals surface area contributed by atoms with E-state index in [0.29, 0.717) is 0 Å². The molecule has 68 heavy (non-hydrogen) atoms. The van der Waals surface area contributed by atoms with Gasteiger partial charge in [-0.05, 0) is 148 Å². The minimum Gasteiger partial charge on any atom is -0.310 e. The lowest BCUT2D eigenvalue weighted by Gasteiger charge is -2.30. The van der Waals surface area contributed by atoms with E-state index in [9.17, 15) is 0 Å². The molecule has 0 saturated carbocycles. The Morgan fingerprint density at radius 2 is 0.618 bits per heavy atom. The molecule has 0 radical (unpaired) electrons. The Morgan fingerprint density at radius 1 is 0.265 bits per heavy atom. The molecule has 0 aliphatic heterocycles. The van der Waals surface area contributed by atoms with Crippen LogP contribution in [0.25, 0.3) is 75.8 Å². The molecular formula is C66H48N2. The van der Waals surface area contributed by atoms with Crippen molar-refractivity contribution < 1.29 is 0 Å². The van der Waals surface area contributed by atoms with Gasteiger partial charge in [-0.1, -0.05) is 185 Å². The zero-order valence-corrected chi connectivity index (χ0v) is 38.7. The summed E-state index contributed by atoms with van der Waals surface area (Å²) >= 11 is 0. The van der Waals surface area contributed by atoms with Gasteiger partial charge in [0.05, 0.1) is 11.4 Å². The van der Waals surface area contributed by atoms with Gasteiger partial charge in [0, 0.05) is 44.4 Å². The Kier molecular flexibility index (Phi) is 8.12. The van der Waals surface area contributed by atoms with E-state index in [1.807, 2.05) is 0 Å². The van der Waals surface area contributed by atoms with E-state index >= 15 is 0 Å². The number of nitrogens with zero attached hydrogens (tertiary/aromatic N) is 2. The Bertz CT molecular complexity index is 3800. The highest BCUT2D eigenvalue weighted by Gasteiger charge is 2.36. The molecule has 2 aliphatic carbocycles. The van der Waals surface area contributed by atoms with Gasteiger partial charge >= 0.3 is 0 Å².